The Labute approximate surface area is 88.2 Å². The highest BCUT2D eigenvalue weighted by Crippen LogP contribution is 2.30. The van der Waals surface area contributed by atoms with E-state index in [2.05, 4.69) is 13.8 Å². The molecular formula is C12H25NO. The van der Waals surface area contributed by atoms with Gasteiger partial charge >= 0.3 is 0 Å². The van der Waals surface area contributed by atoms with Crippen LogP contribution in [0.1, 0.15) is 39.5 Å². The molecule has 0 aliphatic heterocycles. The van der Waals surface area contributed by atoms with E-state index in [9.17, 15) is 0 Å². The smallest absolute Gasteiger partial charge is 0.0497 e. The van der Waals surface area contributed by atoms with Crippen molar-refractivity contribution >= 4 is 0 Å². The molecule has 84 valence electrons. The monoisotopic (exact) mass is 199 g/mol. The Hall–Kier alpha value is -0.0800. The third-order valence-electron chi connectivity index (χ3n) is 3.29. The van der Waals surface area contributed by atoms with Gasteiger partial charge in [-0.3, -0.25) is 0 Å². The number of hydrogen-bond acceptors (Lipinski definition) is 2. The molecule has 1 aliphatic rings. The molecule has 1 aliphatic carbocycles. The molecule has 0 heterocycles. The quantitative estimate of drug-likeness (QED) is 0.667. The molecule has 2 heteroatoms. The van der Waals surface area contributed by atoms with Crippen molar-refractivity contribution in [3.05, 3.63) is 0 Å². The van der Waals surface area contributed by atoms with Gasteiger partial charge in [-0.25, -0.2) is 0 Å². The lowest BCUT2D eigenvalue weighted by molar-refractivity contribution is 0.0797. The molecule has 0 aromatic rings. The minimum Gasteiger partial charge on any atom is -0.381 e. The van der Waals surface area contributed by atoms with E-state index in [0.717, 1.165) is 37.5 Å². The van der Waals surface area contributed by atoms with Gasteiger partial charge in [-0.1, -0.05) is 20.3 Å². The molecule has 14 heavy (non-hydrogen) atoms. The lowest BCUT2D eigenvalue weighted by atomic mass is 9.97. The van der Waals surface area contributed by atoms with E-state index in [1.54, 1.807) is 0 Å². The Morgan fingerprint density at radius 1 is 1.29 bits per heavy atom. The number of ether oxygens (including phenoxy) is 1. The minimum atomic E-state index is 0.731. The van der Waals surface area contributed by atoms with Crippen LogP contribution in [0.3, 0.4) is 0 Å². The van der Waals surface area contributed by atoms with E-state index in [0.29, 0.717) is 0 Å². The van der Waals surface area contributed by atoms with E-state index >= 15 is 0 Å². The summed E-state index contributed by atoms with van der Waals surface area (Å²) in [4.78, 5) is 0. The number of rotatable bonds is 6. The summed E-state index contributed by atoms with van der Waals surface area (Å²) in [6, 6.07) is 0. The SMILES string of the molecule is CC(C)CCOCC1CCCC1CN. The summed E-state index contributed by atoms with van der Waals surface area (Å²) >= 11 is 0. The predicted molar refractivity (Wildman–Crippen MR) is 60.2 cm³/mol. The van der Waals surface area contributed by atoms with Crippen molar-refractivity contribution in [2.75, 3.05) is 19.8 Å². The zero-order valence-electron chi connectivity index (χ0n) is 9.67. The van der Waals surface area contributed by atoms with Crippen LogP contribution in [0, 0.1) is 17.8 Å². The topological polar surface area (TPSA) is 35.2 Å². The Bertz CT molecular complexity index is 147. The third kappa shape index (κ3) is 3.97. The van der Waals surface area contributed by atoms with Gasteiger partial charge in [-0.2, -0.15) is 0 Å². The number of hydrogen-bond donors (Lipinski definition) is 1. The molecule has 0 aromatic heterocycles. The van der Waals surface area contributed by atoms with E-state index in [1.165, 1.54) is 25.7 Å². The zero-order valence-corrected chi connectivity index (χ0v) is 9.67. The molecule has 0 spiro atoms. The molecule has 1 fully saturated rings. The van der Waals surface area contributed by atoms with Crippen LogP contribution < -0.4 is 5.73 Å². The molecule has 1 rings (SSSR count). The summed E-state index contributed by atoms with van der Waals surface area (Å²) in [5.74, 6) is 2.23. The fourth-order valence-corrected chi connectivity index (χ4v) is 2.20. The second kappa shape index (κ2) is 6.41. The Morgan fingerprint density at radius 3 is 2.64 bits per heavy atom. The Balaban J connectivity index is 2.05. The highest BCUT2D eigenvalue weighted by atomic mass is 16.5. The molecule has 2 N–H and O–H groups in total. The first-order valence-electron chi connectivity index (χ1n) is 6.01. The van der Waals surface area contributed by atoms with Gasteiger partial charge in [-0.05, 0) is 43.6 Å². The van der Waals surface area contributed by atoms with Crippen LogP contribution in [0.4, 0.5) is 0 Å². The van der Waals surface area contributed by atoms with Crippen LogP contribution in [-0.2, 0) is 4.74 Å². The summed E-state index contributed by atoms with van der Waals surface area (Å²) in [5, 5.41) is 0. The van der Waals surface area contributed by atoms with Gasteiger partial charge in [0, 0.05) is 13.2 Å². The van der Waals surface area contributed by atoms with Gasteiger partial charge in [0.25, 0.3) is 0 Å². The first kappa shape index (κ1) is 12.0. The lowest BCUT2D eigenvalue weighted by Crippen LogP contribution is -2.22. The van der Waals surface area contributed by atoms with Gasteiger partial charge in [0.2, 0.25) is 0 Å². The fourth-order valence-electron chi connectivity index (χ4n) is 2.20. The summed E-state index contributed by atoms with van der Waals surface area (Å²) in [5.41, 5.74) is 5.72. The number of nitrogens with two attached hydrogens (primary N) is 1. The van der Waals surface area contributed by atoms with E-state index < -0.39 is 0 Å². The van der Waals surface area contributed by atoms with Crippen molar-refractivity contribution in [2.45, 2.75) is 39.5 Å². The summed E-state index contributed by atoms with van der Waals surface area (Å²) in [6.45, 7) is 7.18. The van der Waals surface area contributed by atoms with Crippen molar-refractivity contribution in [3.8, 4) is 0 Å². The van der Waals surface area contributed by atoms with Crippen LogP contribution in [-0.4, -0.2) is 19.8 Å². The van der Waals surface area contributed by atoms with Crippen LogP contribution in [0.2, 0.25) is 0 Å². The largest absolute Gasteiger partial charge is 0.381 e. The zero-order chi connectivity index (χ0) is 10.4. The van der Waals surface area contributed by atoms with Crippen molar-refractivity contribution < 1.29 is 4.74 Å². The second-order valence-electron chi connectivity index (χ2n) is 4.94. The van der Waals surface area contributed by atoms with Gasteiger partial charge in [0.05, 0.1) is 0 Å². The van der Waals surface area contributed by atoms with Crippen molar-refractivity contribution in [3.63, 3.8) is 0 Å². The van der Waals surface area contributed by atoms with Crippen molar-refractivity contribution in [1.82, 2.24) is 0 Å². The standard InChI is InChI=1S/C12H25NO/c1-10(2)6-7-14-9-12-5-3-4-11(12)8-13/h10-12H,3-9,13H2,1-2H3. The molecular weight excluding hydrogens is 174 g/mol. The molecule has 2 unspecified atom stereocenters. The minimum absolute atomic E-state index is 0.731. The Morgan fingerprint density at radius 2 is 2.00 bits per heavy atom. The van der Waals surface area contributed by atoms with Crippen LogP contribution >= 0.6 is 0 Å². The average Bonchev–Trinajstić information content (AvgIpc) is 2.59. The normalized spacial score (nSPS) is 27.4. The third-order valence-corrected chi connectivity index (χ3v) is 3.29. The fraction of sp³-hybridized carbons (Fsp3) is 1.00. The molecule has 2 nitrogen and oxygen atoms in total. The molecule has 2 atom stereocenters. The van der Waals surface area contributed by atoms with E-state index in [1.807, 2.05) is 0 Å². The second-order valence-corrected chi connectivity index (χ2v) is 4.94. The molecule has 0 amide bonds. The maximum atomic E-state index is 5.72. The average molecular weight is 199 g/mol. The summed E-state index contributed by atoms with van der Waals surface area (Å²) in [6.07, 6.45) is 5.17. The van der Waals surface area contributed by atoms with Crippen LogP contribution in [0.5, 0.6) is 0 Å². The van der Waals surface area contributed by atoms with Crippen LogP contribution in [0.15, 0.2) is 0 Å². The van der Waals surface area contributed by atoms with Gasteiger partial charge < -0.3 is 10.5 Å². The Kier molecular flexibility index (Phi) is 5.49. The van der Waals surface area contributed by atoms with Crippen LogP contribution in [0.25, 0.3) is 0 Å². The summed E-state index contributed by atoms with van der Waals surface area (Å²) in [7, 11) is 0. The van der Waals surface area contributed by atoms with Gasteiger partial charge in [-0.15, -0.1) is 0 Å². The maximum Gasteiger partial charge on any atom is 0.0497 e. The first-order chi connectivity index (χ1) is 6.74. The molecule has 0 saturated heterocycles. The maximum absolute atomic E-state index is 5.72. The predicted octanol–water partition coefficient (Wildman–Crippen LogP) is 2.42. The molecule has 0 aromatic carbocycles. The lowest BCUT2D eigenvalue weighted by Gasteiger charge is -2.17. The first-order valence-corrected chi connectivity index (χ1v) is 6.01. The van der Waals surface area contributed by atoms with Crippen molar-refractivity contribution in [2.24, 2.45) is 23.5 Å². The highest BCUT2D eigenvalue weighted by Gasteiger charge is 2.25. The highest BCUT2D eigenvalue weighted by molar-refractivity contribution is 4.77. The summed E-state index contributed by atoms with van der Waals surface area (Å²) < 4.78 is 5.70. The van der Waals surface area contributed by atoms with Gasteiger partial charge in [0.15, 0.2) is 0 Å². The van der Waals surface area contributed by atoms with E-state index in [-0.39, 0.29) is 0 Å². The molecule has 0 bridgehead atoms. The molecule has 0 radical (unpaired) electrons. The van der Waals surface area contributed by atoms with E-state index in [4.69, 9.17) is 10.5 Å². The van der Waals surface area contributed by atoms with Crippen molar-refractivity contribution in [1.29, 1.82) is 0 Å². The molecule has 1 saturated carbocycles. The van der Waals surface area contributed by atoms with Gasteiger partial charge in [0.1, 0.15) is 0 Å².